The van der Waals surface area contributed by atoms with E-state index in [1.807, 2.05) is 18.3 Å². The summed E-state index contributed by atoms with van der Waals surface area (Å²) in [7, 11) is 0. The van der Waals surface area contributed by atoms with E-state index in [4.69, 9.17) is 5.73 Å². The van der Waals surface area contributed by atoms with Crippen LogP contribution in [0.4, 0.5) is 0 Å². The lowest BCUT2D eigenvalue weighted by atomic mass is 10.2. The van der Waals surface area contributed by atoms with Crippen LogP contribution in [0, 0.1) is 0 Å². The summed E-state index contributed by atoms with van der Waals surface area (Å²) in [5, 5.41) is 0. The Morgan fingerprint density at radius 1 is 1.53 bits per heavy atom. The fourth-order valence-electron chi connectivity index (χ4n) is 1.76. The number of nitrogens with zero attached hydrogens (tertiary/aromatic N) is 2. The molecular formula is C11H14BrN3. The van der Waals surface area contributed by atoms with Crippen molar-refractivity contribution in [1.82, 2.24) is 9.38 Å². The van der Waals surface area contributed by atoms with Gasteiger partial charge in [-0.1, -0.05) is 19.9 Å². The van der Waals surface area contributed by atoms with Crippen molar-refractivity contribution in [2.24, 2.45) is 5.73 Å². The monoisotopic (exact) mass is 267 g/mol. The van der Waals surface area contributed by atoms with Gasteiger partial charge in [-0.25, -0.2) is 4.98 Å². The molecule has 2 rings (SSSR count). The first-order valence-electron chi connectivity index (χ1n) is 5.00. The van der Waals surface area contributed by atoms with E-state index < -0.39 is 0 Å². The quantitative estimate of drug-likeness (QED) is 0.909. The van der Waals surface area contributed by atoms with Gasteiger partial charge < -0.3 is 10.1 Å². The van der Waals surface area contributed by atoms with Crippen molar-refractivity contribution in [3.05, 3.63) is 34.3 Å². The fraction of sp³-hybridized carbons (Fsp3) is 0.364. The van der Waals surface area contributed by atoms with E-state index in [1.165, 1.54) is 0 Å². The van der Waals surface area contributed by atoms with Crippen molar-refractivity contribution >= 4 is 21.4 Å². The first-order valence-corrected chi connectivity index (χ1v) is 5.80. The van der Waals surface area contributed by atoms with Crippen LogP contribution in [0.25, 0.3) is 5.52 Å². The number of nitrogens with two attached hydrogens (primary N) is 1. The van der Waals surface area contributed by atoms with Gasteiger partial charge in [0.25, 0.3) is 0 Å². The molecule has 0 saturated carbocycles. The van der Waals surface area contributed by atoms with Gasteiger partial charge in [0.05, 0.1) is 5.52 Å². The fourth-order valence-corrected chi connectivity index (χ4v) is 2.38. The summed E-state index contributed by atoms with van der Waals surface area (Å²) in [5.41, 5.74) is 7.91. The molecular weight excluding hydrogens is 254 g/mol. The van der Waals surface area contributed by atoms with E-state index in [1.54, 1.807) is 0 Å². The number of imidazole rings is 1. The molecule has 2 aromatic heterocycles. The van der Waals surface area contributed by atoms with Gasteiger partial charge >= 0.3 is 0 Å². The molecule has 2 N–H and O–H groups in total. The van der Waals surface area contributed by atoms with E-state index >= 15 is 0 Å². The standard InChI is InChI=1S/C11H14BrN3/c1-7(2)11-14-10(12)9-8(6-13)4-3-5-15(9)11/h3-5,7H,6,13H2,1-2H3. The molecule has 0 atom stereocenters. The molecule has 0 fully saturated rings. The molecule has 15 heavy (non-hydrogen) atoms. The number of aromatic nitrogens is 2. The lowest BCUT2D eigenvalue weighted by Gasteiger charge is -2.05. The molecule has 0 amide bonds. The van der Waals surface area contributed by atoms with Gasteiger partial charge in [-0.05, 0) is 27.6 Å². The molecule has 0 spiro atoms. The first-order chi connectivity index (χ1) is 7.15. The van der Waals surface area contributed by atoms with Gasteiger partial charge in [0.1, 0.15) is 10.4 Å². The van der Waals surface area contributed by atoms with Crippen LogP contribution in [0.5, 0.6) is 0 Å². The van der Waals surface area contributed by atoms with Gasteiger partial charge in [-0.3, -0.25) is 0 Å². The molecule has 0 radical (unpaired) electrons. The average molecular weight is 268 g/mol. The molecule has 0 aliphatic rings. The molecule has 2 heterocycles. The van der Waals surface area contributed by atoms with Crippen molar-refractivity contribution in [1.29, 1.82) is 0 Å². The maximum absolute atomic E-state index is 5.71. The van der Waals surface area contributed by atoms with Crippen molar-refractivity contribution in [3.63, 3.8) is 0 Å². The Morgan fingerprint density at radius 3 is 2.87 bits per heavy atom. The Balaban J connectivity index is 2.79. The summed E-state index contributed by atoms with van der Waals surface area (Å²) in [6.07, 6.45) is 2.03. The Hall–Kier alpha value is -0.870. The SMILES string of the molecule is CC(C)c1nc(Br)c2c(CN)cccn12. The van der Waals surface area contributed by atoms with E-state index in [0.717, 1.165) is 21.5 Å². The maximum atomic E-state index is 5.71. The van der Waals surface area contributed by atoms with Gasteiger partial charge in [0.2, 0.25) is 0 Å². The second-order valence-corrected chi connectivity index (χ2v) is 4.62. The molecule has 0 unspecified atom stereocenters. The van der Waals surface area contributed by atoms with Crippen molar-refractivity contribution < 1.29 is 0 Å². The largest absolute Gasteiger partial charge is 0.326 e. The summed E-state index contributed by atoms with van der Waals surface area (Å²) in [4.78, 5) is 4.52. The van der Waals surface area contributed by atoms with Crippen LogP contribution in [-0.2, 0) is 6.54 Å². The minimum atomic E-state index is 0.400. The van der Waals surface area contributed by atoms with E-state index in [0.29, 0.717) is 12.5 Å². The van der Waals surface area contributed by atoms with Gasteiger partial charge in [-0.2, -0.15) is 0 Å². The predicted molar refractivity (Wildman–Crippen MR) is 64.9 cm³/mol. The molecule has 2 aromatic rings. The molecule has 0 aliphatic heterocycles. The lowest BCUT2D eigenvalue weighted by molar-refractivity contribution is 0.768. The van der Waals surface area contributed by atoms with E-state index in [2.05, 4.69) is 39.2 Å². The summed E-state index contributed by atoms with van der Waals surface area (Å²) < 4.78 is 2.99. The minimum absolute atomic E-state index is 0.400. The van der Waals surface area contributed by atoms with Gasteiger partial charge in [0, 0.05) is 18.7 Å². The zero-order valence-electron chi connectivity index (χ0n) is 8.87. The molecule has 0 saturated heterocycles. The highest BCUT2D eigenvalue weighted by Gasteiger charge is 2.13. The zero-order valence-corrected chi connectivity index (χ0v) is 10.5. The summed E-state index contributed by atoms with van der Waals surface area (Å²) >= 11 is 3.49. The number of fused-ring (bicyclic) bond motifs is 1. The third kappa shape index (κ3) is 1.68. The van der Waals surface area contributed by atoms with Crippen LogP contribution in [0.2, 0.25) is 0 Å². The van der Waals surface area contributed by atoms with Gasteiger partial charge in [-0.15, -0.1) is 0 Å². The number of hydrogen-bond acceptors (Lipinski definition) is 2. The van der Waals surface area contributed by atoms with Crippen molar-refractivity contribution in [3.8, 4) is 0 Å². The lowest BCUT2D eigenvalue weighted by Crippen LogP contribution is -2.01. The predicted octanol–water partition coefficient (Wildman–Crippen LogP) is 2.68. The number of pyridine rings is 1. The van der Waals surface area contributed by atoms with Crippen LogP contribution in [0.15, 0.2) is 22.9 Å². The maximum Gasteiger partial charge on any atom is 0.132 e. The first kappa shape index (κ1) is 10.6. The normalized spacial score (nSPS) is 11.5. The molecule has 0 bridgehead atoms. The van der Waals surface area contributed by atoms with Crippen LogP contribution in [0.3, 0.4) is 0 Å². The Kier molecular flexibility index (Phi) is 2.80. The highest BCUT2D eigenvalue weighted by atomic mass is 79.9. The van der Waals surface area contributed by atoms with Crippen molar-refractivity contribution in [2.45, 2.75) is 26.3 Å². The summed E-state index contributed by atoms with van der Waals surface area (Å²) in [6.45, 7) is 4.80. The Morgan fingerprint density at radius 2 is 2.27 bits per heavy atom. The molecule has 3 nitrogen and oxygen atoms in total. The Bertz CT molecular complexity index is 488. The van der Waals surface area contributed by atoms with E-state index in [-0.39, 0.29) is 0 Å². The third-order valence-electron chi connectivity index (χ3n) is 2.47. The molecule has 0 aliphatic carbocycles. The summed E-state index contributed by atoms with van der Waals surface area (Å²) in [6, 6.07) is 4.04. The molecule has 4 heteroatoms. The minimum Gasteiger partial charge on any atom is -0.326 e. The van der Waals surface area contributed by atoms with Gasteiger partial charge in [0.15, 0.2) is 0 Å². The highest BCUT2D eigenvalue weighted by Crippen LogP contribution is 2.25. The topological polar surface area (TPSA) is 43.3 Å². The second-order valence-electron chi connectivity index (χ2n) is 3.87. The third-order valence-corrected chi connectivity index (χ3v) is 3.02. The number of halogens is 1. The molecule has 0 aromatic carbocycles. The number of rotatable bonds is 2. The van der Waals surface area contributed by atoms with Crippen molar-refractivity contribution in [2.75, 3.05) is 0 Å². The zero-order chi connectivity index (χ0) is 11.0. The summed E-state index contributed by atoms with van der Waals surface area (Å²) in [5.74, 6) is 1.46. The van der Waals surface area contributed by atoms with E-state index in [9.17, 15) is 0 Å². The Labute approximate surface area is 97.4 Å². The number of hydrogen-bond donors (Lipinski definition) is 1. The van der Waals surface area contributed by atoms with Crippen LogP contribution >= 0.6 is 15.9 Å². The van der Waals surface area contributed by atoms with Crippen LogP contribution in [0.1, 0.15) is 31.2 Å². The smallest absolute Gasteiger partial charge is 0.132 e. The average Bonchev–Trinajstić information content (AvgIpc) is 2.56. The molecule has 80 valence electrons. The van der Waals surface area contributed by atoms with Crippen LogP contribution in [-0.4, -0.2) is 9.38 Å². The second kappa shape index (κ2) is 3.94. The van der Waals surface area contributed by atoms with Crippen LogP contribution < -0.4 is 5.73 Å². The highest BCUT2D eigenvalue weighted by molar-refractivity contribution is 9.10.